The zero-order chi connectivity index (χ0) is 13.9. The van der Waals surface area contributed by atoms with Crippen molar-refractivity contribution < 1.29 is 17.9 Å². The van der Waals surface area contributed by atoms with Gasteiger partial charge in [0.05, 0.1) is 6.61 Å². The number of halogens is 4. The Bertz CT molecular complexity index is 571. The summed E-state index contributed by atoms with van der Waals surface area (Å²) in [5, 5.41) is 4.89. The van der Waals surface area contributed by atoms with Gasteiger partial charge in [-0.15, -0.1) is 13.2 Å². The monoisotopic (exact) mass is 333 g/mol. The van der Waals surface area contributed by atoms with Crippen molar-refractivity contribution in [2.45, 2.75) is 6.36 Å². The number of hydrogen-bond donors (Lipinski definition) is 1. The molecule has 2 nitrogen and oxygen atoms in total. The van der Waals surface area contributed by atoms with E-state index in [4.69, 9.17) is 0 Å². The predicted octanol–water partition coefficient (Wildman–Crippen LogP) is 4.55. The molecular formula is C13H11BrF3NO. The summed E-state index contributed by atoms with van der Waals surface area (Å²) in [6.45, 7) is -0.334. The Labute approximate surface area is 116 Å². The number of fused-ring (bicyclic) bond motifs is 1. The maximum atomic E-state index is 11.8. The van der Waals surface area contributed by atoms with E-state index in [1.54, 1.807) is 0 Å². The lowest BCUT2D eigenvalue weighted by Gasteiger charge is -2.12. The molecule has 0 bridgehead atoms. The highest BCUT2D eigenvalue weighted by molar-refractivity contribution is 9.10. The predicted molar refractivity (Wildman–Crippen MR) is 72.1 cm³/mol. The Morgan fingerprint density at radius 2 is 1.74 bits per heavy atom. The second kappa shape index (κ2) is 5.79. The molecule has 0 saturated carbocycles. The van der Waals surface area contributed by atoms with Gasteiger partial charge in [0.2, 0.25) is 0 Å². The van der Waals surface area contributed by atoms with E-state index in [0.29, 0.717) is 0 Å². The van der Waals surface area contributed by atoms with Crippen LogP contribution in [0, 0.1) is 0 Å². The highest BCUT2D eigenvalue weighted by Crippen LogP contribution is 2.29. The van der Waals surface area contributed by atoms with Gasteiger partial charge < -0.3 is 5.32 Å². The molecule has 2 rings (SSSR count). The maximum absolute atomic E-state index is 11.8. The lowest BCUT2D eigenvalue weighted by atomic mass is 10.1. The highest BCUT2D eigenvalue weighted by atomic mass is 79.9. The molecule has 0 unspecified atom stereocenters. The average Bonchev–Trinajstić information content (AvgIpc) is 2.36. The average molecular weight is 334 g/mol. The number of ether oxygens (including phenoxy) is 1. The smallest absolute Gasteiger partial charge is 0.382 e. The van der Waals surface area contributed by atoms with Crippen LogP contribution >= 0.6 is 15.9 Å². The van der Waals surface area contributed by atoms with Gasteiger partial charge in [-0.1, -0.05) is 40.2 Å². The molecule has 19 heavy (non-hydrogen) atoms. The Hall–Kier alpha value is -1.27. The Balaban J connectivity index is 2.07. The van der Waals surface area contributed by atoms with Crippen molar-refractivity contribution in [3.8, 4) is 0 Å². The van der Waals surface area contributed by atoms with E-state index < -0.39 is 13.0 Å². The Morgan fingerprint density at radius 3 is 2.42 bits per heavy atom. The second-order valence-electron chi connectivity index (χ2n) is 3.86. The first kappa shape index (κ1) is 14.1. The van der Waals surface area contributed by atoms with Crippen LogP contribution in [0.4, 0.5) is 18.9 Å². The molecule has 0 aromatic heterocycles. The summed E-state index contributed by atoms with van der Waals surface area (Å²) in [6.07, 6.45) is -4.58. The summed E-state index contributed by atoms with van der Waals surface area (Å²) >= 11 is 3.44. The SMILES string of the molecule is FC(F)(F)OCCNc1ccc(Br)c2ccccc12. The summed E-state index contributed by atoms with van der Waals surface area (Å²) in [6, 6.07) is 11.3. The van der Waals surface area contributed by atoms with Crippen LogP contribution in [0.1, 0.15) is 0 Å². The van der Waals surface area contributed by atoms with Crippen molar-refractivity contribution in [3.05, 3.63) is 40.9 Å². The van der Waals surface area contributed by atoms with E-state index in [0.717, 1.165) is 20.9 Å². The van der Waals surface area contributed by atoms with Gasteiger partial charge in [0.15, 0.2) is 0 Å². The lowest BCUT2D eigenvalue weighted by Crippen LogP contribution is -2.19. The third-order valence-electron chi connectivity index (χ3n) is 2.55. The lowest BCUT2D eigenvalue weighted by molar-refractivity contribution is -0.322. The fourth-order valence-corrected chi connectivity index (χ4v) is 2.25. The van der Waals surface area contributed by atoms with E-state index in [2.05, 4.69) is 26.0 Å². The minimum Gasteiger partial charge on any atom is -0.382 e. The molecule has 6 heteroatoms. The van der Waals surface area contributed by atoms with E-state index in [9.17, 15) is 13.2 Å². The molecule has 2 aromatic carbocycles. The number of nitrogens with one attached hydrogen (secondary N) is 1. The van der Waals surface area contributed by atoms with Crippen LogP contribution in [0.5, 0.6) is 0 Å². The zero-order valence-electron chi connectivity index (χ0n) is 9.80. The number of benzene rings is 2. The maximum Gasteiger partial charge on any atom is 0.522 e. The van der Waals surface area contributed by atoms with Gasteiger partial charge in [-0.05, 0) is 17.5 Å². The van der Waals surface area contributed by atoms with Crippen LogP contribution in [0.15, 0.2) is 40.9 Å². The van der Waals surface area contributed by atoms with Crippen molar-refractivity contribution >= 4 is 32.4 Å². The van der Waals surface area contributed by atoms with Gasteiger partial charge >= 0.3 is 6.36 Å². The summed E-state index contributed by atoms with van der Waals surface area (Å²) < 4.78 is 40.2. The van der Waals surface area contributed by atoms with Gasteiger partial charge in [0.25, 0.3) is 0 Å². The van der Waals surface area contributed by atoms with Gasteiger partial charge in [0.1, 0.15) is 0 Å². The van der Waals surface area contributed by atoms with Gasteiger partial charge in [-0.2, -0.15) is 0 Å². The second-order valence-corrected chi connectivity index (χ2v) is 4.72. The van der Waals surface area contributed by atoms with Crippen molar-refractivity contribution in [3.63, 3.8) is 0 Å². The molecular weight excluding hydrogens is 323 g/mol. The minimum absolute atomic E-state index is 0.0884. The molecule has 1 N–H and O–H groups in total. The van der Waals surface area contributed by atoms with Crippen LogP contribution in [0.25, 0.3) is 10.8 Å². The zero-order valence-corrected chi connectivity index (χ0v) is 11.4. The molecule has 0 aliphatic carbocycles. The fraction of sp³-hybridized carbons (Fsp3) is 0.231. The Morgan fingerprint density at radius 1 is 1.05 bits per heavy atom. The van der Waals surface area contributed by atoms with Crippen LogP contribution < -0.4 is 5.32 Å². The van der Waals surface area contributed by atoms with Crippen LogP contribution in [-0.4, -0.2) is 19.5 Å². The van der Waals surface area contributed by atoms with E-state index in [1.165, 1.54) is 0 Å². The number of rotatable bonds is 4. The largest absolute Gasteiger partial charge is 0.522 e. The Kier molecular flexibility index (Phi) is 4.31. The molecule has 0 aliphatic heterocycles. The molecule has 0 aliphatic rings. The summed E-state index contributed by atoms with van der Waals surface area (Å²) in [5.41, 5.74) is 0.782. The number of hydrogen-bond acceptors (Lipinski definition) is 2. The van der Waals surface area contributed by atoms with Crippen molar-refractivity contribution in [1.82, 2.24) is 0 Å². The molecule has 2 aromatic rings. The molecule has 0 atom stereocenters. The van der Waals surface area contributed by atoms with Crippen molar-refractivity contribution in [1.29, 1.82) is 0 Å². The summed E-state index contributed by atoms with van der Waals surface area (Å²) in [7, 11) is 0. The number of alkyl halides is 3. The van der Waals surface area contributed by atoms with Crippen LogP contribution in [0.2, 0.25) is 0 Å². The third kappa shape index (κ3) is 3.84. The van der Waals surface area contributed by atoms with Gasteiger partial charge in [0, 0.05) is 22.1 Å². The van der Waals surface area contributed by atoms with E-state index in [-0.39, 0.29) is 6.54 Å². The van der Waals surface area contributed by atoms with Gasteiger partial charge in [-0.25, -0.2) is 0 Å². The minimum atomic E-state index is -4.58. The molecule has 0 heterocycles. The van der Waals surface area contributed by atoms with Gasteiger partial charge in [-0.3, -0.25) is 4.74 Å². The molecule has 0 amide bonds. The fourth-order valence-electron chi connectivity index (χ4n) is 1.77. The molecule has 0 radical (unpaired) electrons. The summed E-state index contributed by atoms with van der Waals surface area (Å²) in [4.78, 5) is 0. The quantitative estimate of drug-likeness (QED) is 0.829. The van der Waals surface area contributed by atoms with Crippen LogP contribution in [-0.2, 0) is 4.74 Å². The number of anilines is 1. The molecule has 0 fully saturated rings. The molecule has 0 spiro atoms. The first-order valence-electron chi connectivity index (χ1n) is 5.59. The molecule has 0 saturated heterocycles. The van der Waals surface area contributed by atoms with Crippen molar-refractivity contribution in [2.75, 3.05) is 18.5 Å². The molecule has 102 valence electrons. The van der Waals surface area contributed by atoms with Crippen LogP contribution in [0.3, 0.4) is 0 Å². The summed E-state index contributed by atoms with van der Waals surface area (Å²) in [5.74, 6) is 0. The topological polar surface area (TPSA) is 21.3 Å². The van der Waals surface area contributed by atoms with Crippen molar-refractivity contribution in [2.24, 2.45) is 0 Å². The first-order chi connectivity index (χ1) is 8.97. The standard InChI is InChI=1S/C13H11BrF3NO/c14-11-5-6-12(10-4-2-1-3-9(10)11)18-7-8-19-13(15,16)17/h1-6,18H,7-8H2. The third-order valence-corrected chi connectivity index (χ3v) is 3.25. The highest BCUT2D eigenvalue weighted by Gasteiger charge is 2.28. The first-order valence-corrected chi connectivity index (χ1v) is 6.38. The van der Waals surface area contributed by atoms with E-state index in [1.807, 2.05) is 36.4 Å². The van der Waals surface area contributed by atoms with E-state index >= 15 is 0 Å². The normalized spacial score (nSPS) is 11.8.